The van der Waals surface area contributed by atoms with E-state index in [1.54, 1.807) is 0 Å². The van der Waals surface area contributed by atoms with Gasteiger partial charge in [0.15, 0.2) is 0 Å². The summed E-state index contributed by atoms with van der Waals surface area (Å²) in [5.74, 6) is 0.675. The van der Waals surface area contributed by atoms with Crippen LogP contribution in [0.15, 0.2) is 0 Å². The SMILES string of the molecule is CNC(CN1C(=O)C2C(C1=O)C2(C)C)C1CCCC1. The Morgan fingerprint density at radius 1 is 1.21 bits per heavy atom. The fourth-order valence-corrected chi connectivity index (χ4v) is 4.22. The van der Waals surface area contributed by atoms with Crippen molar-refractivity contribution in [1.29, 1.82) is 0 Å². The molecule has 4 heteroatoms. The second kappa shape index (κ2) is 4.30. The van der Waals surface area contributed by atoms with E-state index in [0.717, 1.165) is 0 Å². The van der Waals surface area contributed by atoms with Crippen molar-refractivity contribution in [3.8, 4) is 0 Å². The number of likely N-dealkylation sites (N-methyl/N-ethyl adjacent to an activating group) is 1. The summed E-state index contributed by atoms with van der Waals surface area (Å²) >= 11 is 0. The van der Waals surface area contributed by atoms with Gasteiger partial charge < -0.3 is 5.32 Å². The van der Waals surface area contributed by atoms with Crippen molar-refractivity contribution in [2.24, 2.45) is 23.2 Å². The molecule has 0 aromatic rings. The van der Waals surface area contributed by atoms with Crippen molar-refractivity contribution in [2.75, 3.05) is 13.6 Å². The van der Waals surface area contributed by atoms with E-state index in [-0.39, 0.29) is 35.1 Å². The molecule has 0 aromatic carbocycles. The zero-order valence-corrected chi connectivity index (χ0v) is 12.1. The number of hydrogen-bond acceptors (Lipinski definition) is 3. The van der Waals surface area contributed by atoms with E-state index >= 15 is 0 Å². The lowest BCUT2D eigenvalue weighted by Crippen LogP contribution is -2.47. The van der Waals surface area contributed by atoms with Crippen molar-refractivity contribution < 1.29 is 9.59 Å². The van der Waals surface area contributed by atoms with Crippen LogP contribution >= 0.6 is 0 Å². The van der Waals surface area contributed by atoms with Crippen LogP contribution in [-0.2, 0) is 9.59 Å². The molecule has 106 valence electrons. The summed E-state index contributed by atoms with van der Waals surface area (Å²) in [7, 11) is 1.94. The van der Waals surface area contributed by atoms with Gasteiger partial charge in [-0.1, -0.05) is 26.7 Å². The van der Waals surface area contributed by atoms with Gasteiger partial charge in [-0.05, 0) is 31.2 Å². The highest BCUT2D eigenvalue weighted by atomic mass is 16.2. The molecule has 1 heterocycles. The predicted molar refractivity (Wildman–Crippen MR) is 72.3 cm³/mol. The van der Waals surface area contributed by atoms with Gasteiger partial charge >= 0.3 is 0 Å². The van der Waals surface area contributed by atoms with Gasteiger partial charge in [0.1, 0.15) is 0 Å². The zero-order valence-electron chi connectivity index (χ0n) is 12.1. The zero-order chi connectivity index (χ0) is 13.8. The van der Waals surface area contributed by atoms with Crippen molar-refractivity contribution >= 4 is 11.8 Å². The number of rotatable bonds is 4. The molecule has 3 unspecified atom stereocenters. The molecule has 2 saturated carbocycles. The number of imide groups is 1. The molecule has 2 amide bonds. The Kier molecular flexibility index (Phi) is 2.97. The number of nitrogens with zero attached hydrogens (tertiary/aromatic N) is 1. The molecule has 4 nitrogen and oxygen atoms in total. The Hall–Kier alpha value is -0.900. The molecule has 2 aliphatic carbocycles. The van der Waals surface area contributed by atoms with E-state index < -0.39 is 0 Å². The highest BCUT2D eigenvalue weighted by Gasteiger charge is 2.72. The molecule has 3 fully saturated rings. The van der Waals surface area contributed by atoms with Crippen LogP contribution in [0.25, 0.3) is 0 Å². The number of likely N-dealkylation sites (tertiary alicyclic amines) is 1. The lowest BCUT2D eigenvalue weighted by Gasteiger charge is -2.29. The molecule has 0 spiro atoms. The number of hydrogen-bond donors (Lipinski definition) is 1. The number of fused-ring (bicyclic) bond motifs is 1. The fraction of sp³-hybridized carbons (Fsp3) is 0.867. The maximum Gasteiger partial charge on any atom is 0.233 e. The lowest BCUT2D eigenvalue weighted by atomic mass is 9.97. The third-order valence-electron chi connectivity index (χ3n) is 5.61. The van der Waals surface area contributed by atoms with Gasteiger partial charge in [0.05, 0.1) is 11.8 Å². The number of amides is 2. The maximum atomic E-state index is 12.3. The molecule has 0 bridgehead atoms. The van der Waals surface area contributed by atoms with Crippen LogP contribution in [0.5, 0.6) is 0 Å². The fourth-order valence-electron chi connectivity index (χ4n) is 4.22. The van der Waals surface area contributed by atoms with Crippen LogP contribution in [0.2, 0.25) is 0 Å². The first-order valence-electron chi connectivity index (χ1n) is 7.51. The summed E-state index contributed by atoms with van der Waals surface area (Å²) in [4.78, 5) is 26.2. The average molecular weight is 264 g/mol. The summed E-state index contributed by atoms with van der Waals surface area (Å²) in [5.41, 5.74) is -0.0901. The van der Waals surface area contributed by atoms with Crippen molar-refractivity contribution in [2.45, 2.75) is 45.6 Å². The molecule has 3 atom stereocenters. The summed E-state index contributed by atoms with van der Waals surface area (Å²) < 4.78 is 0. The summed E-state index contributed by atoms with van der Waals surface area (Å²) in [5, 5.41) is 3.32. The summed E-state index contributed by atoms with van der Waals surface area (Å²) in [6, 6.07) is 0.274. The largest absolute Gasteiger partial charge is 0.315 e. The highest BCUT2D eigenvalue weighted by molar-refractivity contribution is 6.10. The maximum absolute atomic E-state index is 12.3. The molecule has 1 saturated heterocycles. The van der Waals surface area contributed by atoms with E-state index in [2.05, 4.69) is 5.32 Å². The van der Waals surface area contributed by atoms with Gasteiger partial charge in [0.2, 0.25) is 11.8 Å². The topological polar surface area (TPSA) is 49.4 Å². The van der Waals surface area contributed by atoms with Gasteiger partial charge in [-0.3, -0.25) is 14.5 Å². The minimum absolute atomic E-state index is 0.0407. The number of piperidine rings is 1. The van der Waals surface area contributed by atoms with Crippen molar-refractivity contribution in [1.82, 2.24) is 10.2 Å². The van der Waals surface area contributed by atoms with Gasteiger partial charge in [-0.25, -0.2) is 0 Å². The normalized spacial score (nSPS) is 34.8. The van der Waals surface area contributed by atoms with Gasteiger partial charge in [0.25, 0.3) is 0 Å². The first-order chi connectivity index (χ1) is 8.98. The lowest BCUT2D eigenvalue weighted by molar-refractivity contribution is -0.143. The Labute approximate surface area is 114 Å². The number of carbonyl (C=O) groups excluding carboxylic acids is 2. The predicted octanol–water partition coefficient (Wildman–Crippen LogP) is 1.41. The Bertz CT molecular complexity index is 388. The number of nitrogens with one attached hydrogen (secondary N) is 1. The smallest absolute Gasteiger partial charge is 0.233 e. The molecule has 1 aliphatic heterocycles. The Morgan fingerprint density at radius 2 is 1.74 bits per heavy atom. The molecule has 19 heavy (non-hydrogen) atoms. The van der Waals surface area contributed by atoms with E-state index in [4.69, 9.17) is 0 Å². The number of carbonyl (C=O) groups is 2. The van der Waals surface area contributed by atoms with E-state index in [1.165, 1.54) is 30.6 Å². The van der Waals surface area contributed by atoms with Crippen LogP contribution in [0.3, 0.4) is 0 Å². The van der Waals surface area contributed by atoms with Crippen LogP contribution in [-0.4, -0.2) is 36.3 Å². The minimum Gasteiger partial charge on any atom is -0.315 e. The standard InChI is InChI=1S/C15H24N2O2/c1-15(2)11-12(15)14(19)17(13(11)18)8-10(16-3)9-6-4-5-7-9/h9-12,16H,4-8H2,1-3H3. The summed E-state index contributed by atoms with van der Waals surface area (Å²) in [6.07, 6.45) is 5.01. The average Bonchev–Trinajstić information content (AvgIpc) is 2.76. The van der Waals surface area contributed by atoms with E-state index in [1.807, 2.05) is 20.9 Å². The van der Waals surface area contributed by atoms with Crippen LogP contribution < -0.4 is 5.32 Å². The quantitative estimate of drug-likeness (QED) is 0.781. The van der Waals surface area contributed by atoms with E-state index in [0.29, 0.717) is 12.5 Å². The minimum atomic E-state index is -0.0901. The molecule has 3 rings (SSSR count). The molecular weight excluding hydrogens is 240 g/mol. The molecule has 3 aliphatic rings. The van der Waals surface area contributed by atoms with E-state index in [9.17, 15) is 9.59 Å². The van der Waals surface area contributed by atoms with Crippen LogP contribution in [0.4, 0.5) is 0 Å². The Morgan fingerprint density at radius 3 is 2.21 bits per heavy atom. The molecule has 1 N–H and O–H groups in total. The van der Waals surface area contributed by atoms with Crippen LogP contribution in [0.1, 0.15) is 39.5 Å². The van der Waals surface area contributed by atoms with Gasteiger partial charge in [0, 0.05) is 12.6 Å². The third-order valence-corrected chi connectivity index (χ3v) is 5.61. The van der Waals surface area contributed by atoms with Crippen LogP contribution in [0, 0.1) is 23.2 Å². The second-order valence-electron chi connectivity index (χ2n) is 7.00. The molecule has 0 aromatic heterocycles. The Balaban J connectivity index is 1.67. The monoisotopic (exact) mass is 264 g/mol. The molecular formula is C15H24N2O2. The highest BCUT2D eigenvalue weighted by Crippen LogP contribution is 2.63. The third kappa shape index (κ3) is 1.83. The van der Waals surface area contributed by atoms with Crippen molar-refractivity contribution in [3.63, 3.8) is 0 Å². The second-order valence-corrected chi connectivity index (χ2v) is 7.00. The summed E-state index contributed by atoms with van der Waals surface area (Å²) in [6.45, 7) is 4.63. The first kappa shape index (κ1) is 13.1. The van der Waals surface area contributed by atoms with Crippen molar-refractivity contribution in [3.05, 3.63) is 0 Å². The van der Waals surface area contributed by atoms with Gasteiger partial charge in [-0.15, -0.1) is 0 Å². The van der Waals surface area contributed by atoms with Gasteiger partial charge in [-0.2, -0.15) is 0 Å². The molecule has 0 radical (unpaired) electrons. The first-order valence-corrected chi connectivity index (χ1v) is 7.51.